The average Bonchev–Trinajstić information content (AvgIpc) is 2.60. The highest BCUT2D eigenvalue weighted by molar-refractivity contribution is 5.98. The second-order valence-electron chi connectivity index (χ2n) is 7.69. The van der Waals surface area contributed by atoms with Crippen LogP contribution in [0.2, 0.25) is 0 Å². The molecule has 0 aromatic rings. The van der Waals surface area contributed by atoms with Crippen molar-refractivity contribution in [3.8, 4) is 0 Å². The first-order valence-corrected chi connectivity index (χ1v) is 10.5. The largest absolute Gasteiger partial charge is 0.302 e. The zero-order valence-electron chi connectivity index (χ0n) is 17.0. The summed E-state index contributed by atoms with van der Waals surface area (Å²) in [4.78, 5) is 25.1. The van der Waals surface area contributed by atoms with Gasteiger partial charge in [0.15, 0.2) is 0 Å². The van der Waals surface area contributed by atoms with Crippen LogP contribution in [-0.2, 0) is 9.59 Å². The Morgan fingerprint density at radius 3 is 1.58 bits per heavy atom. The van der Waals surface area contributed by atoms with Crippen molar-refractivity contribution in [2.75, 3.05) is 0 Å². The molecule has 0 radical (unpaired) electrons. The fraction of sp³-hybridized carbons (Fsp3) is 0.909. The van der Waals surface area contributed by atoms with E-state index in [1.54, 1.807) is 0 Å². The molecule has 0 aliphatic carbocycles. The first-order chi connectivity index (χ1) is 11.5. The summed E-state index contributed by atoms with van der Waals surface area (Å²) in [6.07, 6.45) is 13.2. The third kappa shape index (κ3) is 7.94. The van der Waals surface area contributed by atoms with Gasteiger partial charge in [-0.25, -0.2) is 0 Å². The summed E-state index contributed by atoms with van der Waals surface area (Å²) in [7, 11) is 0. The molecule has 0 saturated carbocycles. The molecule has 0 N–H and O–H groups in total. The topological polar surface area (TPSA) is 34.1 Å². The van der Waals surface area contributed by atoms with Crippen LogP contribution in [0.5, 0.6) is 0 Å². The molecule has 0 bridgehead atoms. The summed E-state index contributed by atoms with van der Waals surface area (Å²) in [5, 5.41) is 0. The Balaban J connectivity index is 5.29. The molecule has 2 heteroatoms. The molecule has 2 unspecified atom stereocenters. The highest BCUT2D eigenvalue weighted by atomic mass is 16.1. The quantitative estimate of drug-likeness (QED) is 0.230. The Labute approximate surface area is 151 Å². The summed E-state index contributed by atoms with van der Waals surface area (Å²) in [5.41, 5.74) is -0.723. The molecule has 2 nitrogen and oxygen atoms in total. The second kappa shape index (κ2) is 13.6. The molecule has 0 amide bonds. The van der Waals surface area contributed by atoms with Gasteiger partial charge in [-0.05, 0) is 31.1 Å². The number of carbonyl (C=O) groups is 2. The van der Waals surface area contributed by atoms with Gasteiger partial charge < -0.3 is 4.79 Å². The maximum absolute atomic E-state index is 12.9. The van der Waals surface area contributed by atoms with Crippen LogP contribution in [0.4, 0.5) is 0 Å². The Morgan fingerprint density at radius 1 is 0.833 bits per heavy atom. The van der Waals surface area contributed by atoms with Gasteiger partial charge in [0.05, 0.1) is 5.41 Å². The van der Waals surface area contributed by atoms with Crippen molar-refractivity contribution in [3.05, 3.63) is 0 Å². The van der Waals surface area contributed by atoms with E-state index in [9.17, 15) is 9.59 Å². The van der Waals surface area contributed by atoms with E-state index in [-0.39, 0.29) is 5.78 Å². The van der Waals surface area contributed by atoms with E-state index in [0.29, 0.717) is 18.3 Å². The maximum atomic E-state index is 12.9. The number of unbranched alkanes of at least 4 members (excludes halogenated alkanes) is 2. The summed E-state index contributed by atoms with van der Waals surface area (Å²) in [5.74, 6) is 1.20. The lowest BCUT2D eigenvalue weighted by atomic mass is 9.68. The zero-order valence-corrected chi connectivity index (χ0v) is 17.0. The molecule has 0 rings (SSSR count). The van der Waals surface area contributed by atoms with Crippen molar-refractivity contribution in [2.24, 2.45) is 17.3 Å². The standard InChI is InChI=1S/C22H42O2/c1-6-11-14-19(9-4)16-22(18-23,21(24)13-8-3)17-20(10-5)15-12-7-2/h18-20H,6-17H2,1-5H3. The fourth-order valence-corrected chi connectivity index (χ4v) is 3.87. The summed E-state index contributed by atoms with van der Waals surface area (Å²) in [6, 6.07) is 0. The molecule has 0 spiro atoms. The van der Waals surface area contributed by atoms with Crippen molar-refractivity contribution >= 4 is 12.1 Å². The van der Waals surface area contributed by atoms with Crippen LogP contribution >= 0.6 is 0 Å². The van der Waals surface area contributed by atoms with Gasteiger partial charge in [0.25, 0.3) is 0 Å². The number of ketones is 1. The van der Waals surface area contributed by atoms with Gasteiger partial charge in [-0.2, -0.15) is 0 Å². The Bertz CT molecular complexity index is 317. The predicted octanol–water partition coefficient (Wildman–Crippen LogP) is 6.75. The number of rotatable bonds is 16. The summed E-state index contributed by atoms with van der Waals surface area (Å²) < 4.78 is 0. The summed E-state index contributed by atoms with van der Waals surface area (Å²) >= 11 is 0. The number of aldehydes is 1. The third-order valence-corrected chi connectivity index (χ3v) is 5.65. The summed E-state index contributed by atoms with van der Waals surface area (Å²) in [6.45, 7) is 10.9. The normalized spacial score (nSPS) is 16.4. The van der Waals surface area contributed by atoms with Gasteiger partial charge >= 0.3 is 0 Å². The van der Waals surface area contributed by atoms with Gasteiger partial charge in [-0.1, -0.05) is 86.0 Å². The molecule has 0 aromatic heterocycles. The van der Waals surface area contributed by atoms with Crippen LogP contribution in [0.15, 0.2) is 0 Å². The van der Waals surface area contributed by atoms with E-state index in [4.69, 9.17) is 0 Å². The minimum absolute atomic E-state index is 0.199. The maximum Gasteiger partial charge on any atom is 0.146 e. The van der Waals surface area contributed by atoms with E-state index >= 15 is 0 Å². The minimum atomic E-state index is -0.723. The van der Waals surface area contributed by atoms with Gasteiger partial charge in [0.2, 0.25) is 0 Å². The van der Waals surface area contributed by atoms with Crippen LogP contribution in [0.3, 0.4) is 0 Å². The van der Waals surface area contributed by atoms with Crippen LogP contribution < -0.4 is 0 Å². The highest BCUT2D eigenvalue weighted by Gasteiger charge is 2.40. The van der Waals surface area contributed by atoms with Crippen molar-refractivity contribution in [1.82, 2.24) is 0 Å². The van der Waals surface area contributed by atoms with E-state index in [1.165, 1.54) is 25.7 Å². The van der Waals surface area contributed by atoms with Gasteiger partial charge in [-0.15, -0.1) is 0 Å². The minimum Gasteiger partial charge on any atom is -0.302 e. The average molecular weight is 339 g/mol. The van der Waals surface area contributed by atoms with Gasteiger partial charge in [0.1, 0.15) is 12.1 Å². The lowest BCUT2D eigenvalue weighted by Gasteiger charge is -2.34. The lowest BCUT2D eigenvalue weighted by molar-refractivity contribution is -0.137. The Kier molecular flexibility index (Phi) is 13.2. The Morgan fingerprint density at radius 2 is 1.29 bits per heavy atom. The van der Waals surface area contributed by atoms with Crippen LogP contribution in [0, 0.1) is 17.3 Å². The number of hydrogen-bond acceptors (Lipinski definition) is 2. The lowest BCUT2D eigenvalue weighted by Crippen LogP contribution is -2.37. The van der Waals surface area contributed by atoms with Gasteiger partial charge in [0, 0.05) is 6.42 Å². The monoisotopic (exact) mass is 338 g/mol. The van der Waals surface area contributed by atoms with E-state index in [1.807, 2.05) is 6.92 Å². The predicted molar refractivity (Wildman–Crippen MR) is 104 cm³/mol. The molecular weight excluding hydrogens is 296 g/mol. The van der Waals surface area contributed by atoms with Crippen molar-refractivity contribution in [2.45, 2.75) is 112 Å². The smallest absolute Gasteiger partial charge is 0.146 e. The molecule has 2 atom stereocenters. The van der Waals surface area contributed by atoms with Crippen LogP contribution in [0.1, 0.15) is 112 Å². The molecular formula is C22H42O2. The third-order valence-electron chi connectivity index (χ3n) is 5.65. The number of hydrogen-bond donors (Lipinski definition) is 0. The van der Waals surface area contributed by atoms with Crippen LogP contribution in [0.25, 0.3) is 0 Å². The van der Waals surface area contributed by atoms with Crippen molar-refractivity contribution in [3.63, 3.8) is 0 Å². The number of Topliss-reactive ketones (excluding diaryl/α,β-unsaturated/α-hetero) is 1. The first-order valence-electron chi connectivity index (χ1n) is 10.5. The fourth-order valence-electron chi connectivity index (χ4n) is 3.87. The molecule has 0 aromatic carbocycles. The van der Waals surface area contributed by atoms with E-state index < -0.39 is 5.41 Å². The van der Waals surface area contributed by atoms with E-state index in [0.717, 1.165) is 51.2 Å². The van der Waals surface area contributed by atoms with E-state index in [2.05, 4.69) is 27.7 Å². The molecule has 0 fully saturated rings. The molecule has 0 aliphatic rings. The first kappa shape index (κ1) is 23.3. The second-order valence-corrected chi connectivity index (χ2v) is 7.69. The van der Waals surface area contributed by atoms with Crippen molar-refractivity contribution < 1.29 is 9.59 Å². The molecule has 0 heterocycles. The molecule has 0 saturated heterocycles. The highest BCUT2D eigenvalue weighted by Crippen LogP contribution is 2.39. The molecule has 0 aliphatic heterocycles. The SMILES string of the molecule is CCCCC(CC)CC(C=O)(CC(CC)CCCC)C(=O)CCC. The van der Waals surface area contributed by atoms with Crippen LogP contribution in [-0.4, -0.2) is 12.1 Å². The van der Waals surface area contributed by atoms with Crippen molar-refractivity contribution in [1.29, 1.82) is 0 Å². The molecule has 142 valence electrons. The zero-order chi connectivity index (χ0) is 18.4. The van der Waals surface area contributed by atoms with Gasteiger partial charge in [-0.3, -0.25) is 4.79 Å². The Hall–Kier alpha value is -0.660. The number of carbonyl (C=O) groups excluding carboxylic acids is 2. The molecule has 24 heavy (non-hydrogen) atoms.